The van der Waals surface area contributed by atoms with Gasteiger partial charge < -0.3 is 15.2 Å². The van der Waals surface area contributed by atoms with Gasteiger partial charge in [0.15, 0.2) is 0 Å². The van der Waals surface area contributed by atoms with Crippen molar-refractivity contribution < 1.29 is 14.3 Å². The summed E-state index contributed by atoms with van der Waals surface area (Å²) in [5, 5.41) is 0. The van der Waals surface area contributed by atoms with Crippen molar-refractivity contribution in [1.29, 1.82) is 0 Å². The Kier molecular flexibility index (Phi) is 3.37. The lowest BCUT2D eigenvalue weighted by atomic mass is 9.77. The molecule has 1 heterocycles. The summed E-state index contributed by atoms with van der Waals surface area (Å²) in [6, 6.07) is 0. The highest BCUT2D eigenvalue weighted by Gasteiger charge is 2.55. The van der Waals surface area contributed by atoms with Crippen molar-refractivity contribution in [2.24, 2.45) is 5.73 Å². The fourth-order valence-electron chi connectivity index (χ4n) is 2.55. The second kappa shape index (κ2) is 4.00. The molecule has 4 nitrogen and oxygen atoms in total. The average Bonchev–Trinajstić information content (AvgIpc) is 2.14. The molecule has 0 bridgehead atoms. The molecule has 2 N–H and O–H groups in total. The van der Waals surface area contributed by atoms with Crippen LogP contribution in [-0.2, 0) is 14.3 Å². The van der Waals surface area contributed by atoms with Crippen LogP contribution in [-0.4, -0.2) is 29.3 Å². The summed E-state index contributed by atoms with van der Waals surface area (Å²) in [6.07, 6.45) is 0.864. The van der Waals surface area contributed by atoms with E-state index >= 15 is 0 Å². The van der Waals surface area contributed by atoms with Gasteiger partial charge in [0.1, 0.15) is 0 Å². The second-order valence-corrected chi connectivity index (χ2v) is 5.69. The predicted molar refractivity (Wildman–Crippen MR) is 62.0 cm³/mol. The van der Waals surface area contributed by atoms with E-state index in [4.69, 9.17) is 15.2 Å². The number of hydrogen-bond donors (Lipinski definition) is 1. The van der Waals surface area contributed by atoms with Crippen LogP contribution in [0.2, 0.25) is 0 Å². The first-order valence-corrected chi connectivity index (χ1v) is 5.77. The van der Waals surface area contributed by atoms with Crippen molar-refractivity contribution in [3.63, 3.8) is 0 Å². The lowest BCUT2D eigenvalue weighted by Crippen LogP contribution is -2.55. The van der Waals surface area contributed by atoms with Crippen molar-refractivity contribution in [3.8, 4) is 0 Å². The molecule has 1 aliphatic rings. The van der Waals surface area contributed by atoms with E-state index in [0.717, 1.165) is 0 Å². The Labute approximate surface area is 97.5 Å². The maximum absolute atomic E-state index is 11.5. The fourth-order valence-corrected chi connectivity index (χ4v) is 2.55. The summed E-state index contributed by atoms with van der Waals surface area (Å²) in [7, 11) is 0. The Bertz CT molecular complexity index is 286. The number of ether oxygens (including phenoxy) is 2. The van der Waals surface area contributed by atoms with Gasteiger partial charge in [-0.05, 0) is 41.0 Å². The summed E-state index contributed by atoms with van der Waals surface area (Å²) in [4.78, 5) is 11.5. The number of rotatable bonds is 3. The Morgan fingerprint density at radius 2 is 1.94 bits per heavy atom. The maximum atomic E-state index is 11.5. The van der Waals surface area contributed by atoms with Crippen LogP contribution in [0.3, 0.4) is 0 Å². The van der Waals surface area contributed by atoms with Gasteiger partial charge in [-0.1, -0.05) is 0 Å². The highest BCUT2D eigenvalue weighted by Crippen LogP contribution is 2.45. The van der Waals surface area contributed by atoms with Gasteiger partial charge in [0.05, 0.1) is 29.8 Å². The third kappa shape index (κ3) is 2.55. The highest BCUT2D eigenvalue weighted by atomic mass is 16.5. The van der Waals surface area contributed by atoms with Crippen LogP contribution >= 0.6 is 0 Å². The molecule has 1 aliphatic heterocycles. The molecule has 1 rings (SSSR count). The van der Waals surface area contributed by atoms with Gasteiger partial charge in [-0.3, -0.25) is 4.79 Å². The third-order valence-corrected chi connectivity index (χ3v) is 3.24. The lowest BCUT2D eigenvalue weighted by molar-refractivity contribution is -0.146. The van der Waals surface area contributed by atoms with Gasteiger partial charge in [-0.25, -0.2) is 0 Å². The Morgan fingerprint density at radius 1 is 1.38 bits per heavy atom. The van der Waals surface area contributed by atoms with Crippen LogP contribution in [0, 0.1) is 0 Å². The number of esters is 1. The molecule has 0 aromatic carbocycles. The van der Waals surface area contributed by atoms with E-state index in [0.29, 0.717) is 13.0 Å². The molecule has 0 amide bonds. The smallest absolute Gasteiger partial charge is 0.307 e. The number of nitrogens with two attached hydrogens (primary N) is 1. The molecule has 4 heteroatoms. The van der Waals surface area contributed by atoms with Gasteiger partial charge in [-0.15, -0.1) is 0 Å². The van der Waals surface area contributed by atoms with E-state index in [1.807, 2.05) is 27.7 Å². The molecule has 94 valence electrons. The minimum Gasteiger partial charge on any atom is -0.466 e. The number of carbonyl (C=O) groups excluding carboxylic acids is 1. The third-order valence-electron chi connectivity index (χ3n) is 3.24. The van der Waals surface area contributed by atoms with Gasteiger partial charge >= 0.3 is 5.97 Å². The summed E-state index contributed by atoms with van der Waals surface area (Å²) in [5.41, 5.74) is 4.87. The normalized spacial score (nSPS) is 31.4. The first-order chi connectivity index (χ1) is 7.12. The van der Waals surface area contributed by atoms with E-state index in [9.17, 15) is 4.79 Å². The fraction of sp³-hybridized carbons (Fsp3) is 0.917. The summed E-state index contributed by atoms with van der Waals surface area (Å²) < 4.78 is 10.9. The largest absolute Gasteiger partial charge is 0.466 e. The minimum absolute atomic E-state index is 0.206. The van der Waals surface area contributed by atoms with Crippen LogP contribution < -0.4 is 5.73 Å². The van der Waals surface area contributed by atoms with E-state index in [1.165, 1.54) is 0 Å². The summed E-state index contributed by atoms with van der Waals surface area (Å²) >= 11 is 0. The van der Waals surface area contributed by atoms with E-state index in [1.54, 1.807) is 6.92 Å². The van der Waals surface area contributed by atoms with E-state index in [-0.39, 0.29) is 18.0 Å². The van der Waals surface area contributed by atoms with Crippen molar-refractivity contribution in [1.82, 2.24) is 0 Å². The van der Waals surface area contributed by atoms with Crippen LogP contribution in [0.15, 0.2) is 0 Å². The molecule has 16 heavy (non-hydrogen) atoms. The molecular formula is C12H23NO3. The SMILES string of the molecule is CCOC(=O)CC1(N)CC(C)(C)OC1(C)C. The van der Waals surface area contributed by atoms with Crippen LogP contribution in [0.4, 0.5) is 0 Å². The molecule has 1 fully saturated rings. The van der Waals surface area contributed by atoms with Crippen LogP contribution in [0.5, 0.6) is 0 Å². The van der Waals surface area contributed by atoms with Crippen molar-refractivity contribution >= 4 is 5.97 Å². The monoisotopic (exact) mass is 229 g/mol. The highest BCUT2D eigenvalue weighted by molar-refractivity contribution is 5.71. The minimum atomic E-state index is -0.650. The first kappa shape index (κ1) is 13.5. The van der Waals surface area contributed by atoms with Gasteiger partial charge in [0, 0.05) is 0 Å². The molecule has 0 spiro atoms. The average molecular weight is 229 g/mol. The van der Waals surface area contributed by atoms with Crippen LogP contribution in [0.25, 0.3) is 0 Å². The Balaban J connectivity index is 2.80. The molecule has 1 atom stereocenters. The van der Waals surface area contributed by atoms with Gasteiger partial charge in [-0.2, -0.15) is 0 Å². The predicted octanol–water partition coefficient (Wildman–Crippen LogP) is 1.61. The van der Waals surface area contributed by atoms with Gasteiger partial charge in [0.25, 0.3) is 0 Å². The quantitative estimate of drug-likeness (QED) is 0.747. The molecule has 0 saturated carbocycles. The first-order valence-electron chi connectivity index (χ1n) is 5.77. The molecule has 0 aromatic rings. The van der Waals surface area contributed by atoms with Gasteiger partial charge in [0.2, 0.25) is 0 Å². The summed E-state index contributed by atoms with van der Waals surface area (Å²) in [5.74, 6) is -0.251. The number of carbonyl (C=O) groups is 1. The van der Waals surface area contributed by atoms with E-state index < -0.39 is 11.1 Å². The maximum Gasteiger partial charge on any atom is 0.307 e. The van der Waals surface area contributed by atoms with Crippen molar-refractivity contribution in [3.05, 3.63) is 0 Å². The molecule has 1 saturated heterocycles. The zero-order valence-corrected chi connectivity index (χ0v) is 10.9. The zero-order valence-electron chi connectivity index (χ0n) is 10.9. The molecule has 0 aromatic heterocycles. The second-order valence-electron chi connectivity index (χ2n) is 5.69. The molecule has 1 unspecified atom stereocenters. The lowest BCUT2D eigenvalue weighted by Gasteiger charge is -2.35. The standard InChI is InChI=1S/C12H23NO3/c1-6-15-9(14)7-12(13)8-10(2,3)16-11(12,4)5/h6-8,13H2,1-5H3. The van der Waals surface area contributed by atoms with Crippen molar-refractivity contribution in [2.45, 2.75) is 64.2 Å². The van der Waals surface area contributed by atoms with E-state index in [2.05, 4.69) is 0 Å². The topological polar surface area (TPSA) is 61.5 Å². The molecule has 0 radical (unpaired) electrons. The Morgan fingerprint density at radius 3 is 2.31 bits per heavy atom. The number of hydrogen-bond acceptors (Lipinski definition) is 4. The summed E-state index contributed by atoms with van der Waals surface area (Å²) in [6.45, 7) is 10.0. The molecule has 0 aliphatic carbocycles. The molecular weight excluding hydrogens is 206 g/mol. The zero-order chi connectivity index (χ0) is 12.6. The van der Waals surface area contributed by atoms with Crippen LogP contribution in [0.1, 0.15) is 47.5 Å². The Hall–Kier alpha value is -0.610. The van der Waals surface area contributed by atoms with Crippen molar-refractivity contribution in [2.75, 3.05) is 6.61 Å².